The minimum Gasteiger partial charge on any atom is -0.394 e. The standard InChI is InChI=1S/C21H28N8O3/c1-4-16(21(31)29-6-7-32-11-15(29)10-30)26-18-17-20(25-12-24-18)28(5-2)19(27-17)14-8-22-13(3)23-9-14/h8-9,12,15-16,30H,4-7,10-11H2,1-3H3,(H,24,25,26)/t15?,16-/m0/s1. The zero-order valence-corrected chi connectivity index (χ0v) is 18.5. The molecule has 2 atom stereocenters. The summed E-state index contributed by atoms with van der Waals surface area (Å²) >= 11 is 0. The van der Waals surface area contributed by atoms with Crippen molar-refractivity contribution in [2.45, 2.75) is 45.8 Å². The van der Waals surface area contributed by atoms with E-state index in [9.17, 15) is 9.90 Å². The van der Waals surface area contributed by atoms with Gasteiger partial charge in [0.05, 0.1) is 31.4 Å². The molecule has 4 heterocycles. The van der Waals surface area contributed by atoms with Crippen LogP contribution in [-0.2, 0) is 16.1 Å². The van der Waals surface area contributed by atoms with Gasteiger partial charge in [-0.1, -0.05) is 6.92 Å². The number of hydrogen-bond donors (Lipinski definition) is 2. The van der Waals surface area contributed by atoms with Crippen molar-refractivity contribution in [3.8, 4) is 11.4 Å². The molecule has 0 bridgehead atoms. The molecule has 1 unspecified atom stereocenters. The lowest BCUT2D eigenvalue weighted by molar-refractivity contribution is -0.142. The lowest BCUT2D eigenvalue weighted by atomic mass is 10.1. The Bertz CT molecular complexity index is 1080. The molecule has 1 saturated heterocycles. The first-order valence-electron chi connectivity index (χ1n) is 10.8. The Labute approximate surface area is 185 Å². The minimum absolute atomic E-state index is 0.0938. The second-order valence-corrected chi connectivity index (χ2v) is 7.64. The molecule has 0 spiro atoms. The molecule has 11 heteroatoms. The molecule has 3 aromatic heterocycles. The summed E-state index contributed by atoms with van der Waals surface area (Å²) in [6.45, 7) is 7.53. The number of morpholine rings is 1. The highest BCUT2D eigenvalue weighted by Gasteiger charge is 2.31. The fraction of sp³-hybridized carbons (Fsp3) is 0.524. The number of amides is 1. The molecule has 11 nitrogen and oxygen atoms in total. The van der Waals surface area contributed by atoms with Crippen LogP contribution in [0.25, 0.3) is 22.6 Å². The topological polar surface area (TPSA) is 131 Å². The van der Waals surface area contributed by atoms with Gasteiger partial charge in [-0.2, -0.15) is 0 Å². The van der Waals surface area contributed by atoms with Gasteiger partial charge in [-0.15, -0.1) is 0 Å². The van der Waals surface area contributed by atoms with Crippen LogP contribution < -0.4 is 5.32 Å². The third kappa shape index (κ3) is 4.13. The Balaban J connectivity index is 1.68. The number of aliphatic hydroxyl groups excluding tert-OH is 1. The van der Waals surface area contributed by atoms with Crippen LogP contribution in [0.15, 0.2) is 18.7 Å². The van der Waals surface area contributed by atoms with E-state index in [1.165, 1.54) is 6.33 Å². The van der Waals surface area contributed by atoms with Gasteiger partial charge >= 0.3 is 0 Å². The van der Waals surface area contributed by atoms with Crippen LogP contribution in [0, 0.1) is 6.92 Å². The maximum atomic E-state index is 13.2. The van der Waals surface area contributed by atoms with Gasteiger partial charge in [0.15, 0.2) is 17.0 Å². The summed E-state index contributed by atoms with van der Waals surface area (Å²) in [4.78, 5) is 37.1. The van der Waals surface area contributed by atoms with Crippen LogP contribution in [0.5, 0.6) is 0 Å². The average molecular weight is 441 g/mol. The highest BCUT2D eigenvalue weighted by Crippen LogP contribution is 2.27. The number of carbonyl (C=O) groups is 1. The van der Waals surface area contributed by atoms with Crippen molar-refractivity contribution < 1.29 is 14.6 Å². The van der Waals surface area contributed by atoms with E-state index in [1.807, 2.05) is 25.3 Å². The van der Waals surface area contributed by atoms with Crippen molar-refractivity contribution in [3.05, 3.63) is 24.5 Å². The van der Waals surface area contributed by atoms with Crippen molar-refractivity contribution >= 4 is 22.9 Å². The predicted octanol–water partition coefficient (Wildman–Crippen LogP) is 1.02. The Morgan fingerprint density at radius 2 is 2.06 bits per heavy atom. The molecule has 0 aliphatic carbocycles. The summed E-state index contributed by atoms with van der Waals surface area (Å²) < 4.78 is 7.38. The van der Waals surface area contributed by atoms with E-state index >= 15 is 0 Å². The Morgan fingerprint density at radius 3 is 2.75 bits per heavy atom. The molecule has 1 aliphatic rings. The van der Waals surface area contributed by atoms with E-state index in [2.05, 4.69) is 25.3 Å². The lowest BCUT2D eigenvalue weighted by Crippen LogP contribution is -2.54. The molecule has 1 amide bonds. The van der Waals surface area contributed by atoms with E-state index in [4.69, 9.17) is 9.72 Å². The normalized spacial score (nSPS) is 17.5. The number of aromatic nitrogens is 6. The van der Waals surface area contributed by atoms with Crippen molar-refractivity contribution in [1.82, 2.24) is 34.4 Å². The van der Waals surface area contributed by atoms with Crippen molar-refractivity contribution in [1.29, 1.82) is 0 Å². The van der Waals surface area contributed by atoms with Crippen LogP contribution in [0.2, 0.25) is 0 Å². The first kappa shape index (κ1) is 22.0. The summed E-state index contributed by atoms with van der Waals surface area (Å²) in [5.41, 5.74) is 2.03. The van der Waals surface area contributed by atoms with Gasteiger partial charge in [-0.25, -0.2) is 24.9 Å². The van der Waals surface area contributed by atoms with Crippen molar-refractivity contribution in [2.75, 3.05) is 31.7 Å². The van der Waals surface area contributed by atoms with E-state index in [-0.39, 0.29) is 18.6 Å². The number of rotatable bonds is 7. The lowest BCUT2D eigenvalue weighted by Gasteiger charge is -2.36. The molecule has 2 N–H and O–H groups in total. The molecule has 4 rings (SSSR count). The molecule has 3 aromatic rings. The Kier molecular flexibility index (Phi) is 6.56. The fourth-order valence-electron chi connectivity index (χ4n) is 3.87. The number of carbonyl (C=O) groups excluding carboxylic acids is 1. The van der Waals surface area contributed by atoms with Crippen LogP contribution in [0.4, 0.5) is 5.82 Å². The summed E-state index contributed by atoms with van der Waals surface area (Å²) in [5.74, 6) is 1.77. The van der Waals surface area contributed by atoms with Gasteiger partial charge in [0.1, 0.15) is 24.0 Å². The quantitative estimate of drug-likeness (QED) is 0.553. The molecule has 170 valence electrons. The van der Waals surface area contributed by atoms with E-state index in [0.29, 0.717) is 61.4 Å². The van der Waals surface area contributed by atoms with Crippen LogP contribution in [0.3, 0.4) is 0 Å². The van der Waals surface area contributed by atoms with Crippen LogP contribution in [0.1, 0.15) is 26.1 Å². The Hall–Kier alpha value is -3.18. The largest absolute Gasteiger partial charge is 0.394 e. The van der Waals surface area contributed by atoms with Crippen molar-refractivity contribution in [3.63, 3.8) is 0 Å². The van der Waals surface area contributed by atoms with Gasteiger partial charge in [0.25, 0.3) is 0 Å². The summed E-state index contributed by atoms with van der Waals surface area (Å²) in [6.07, 6.45) is 5.49. The van der Waals surface area contributed by atoms with Crippen LogP contribution >= 0.6 is 0 Å². The average Bonchev–Trinajstić information content (AvgIpc) is 3.22. The maximum absolute atomic E-state index is 13.2. The molecule has 0 radical (unpaired) electrons. The third-order valence-electron chi connectivity index (χ3n) is 5.63. The number of nitrogens with zero attached hydrogens (tertiary/aromatic N) is 7. The predicted molar refractivity (Wildman–Crippen MR) is 118 cm³/mol. The number of anilines is 1. The van der Waals surface area contributed by atoms with Gasteiger partial charge in [-0.3, -0.25) is 4.79 Å². The molecular weight excluding hydrogens is 412 g/mol. The molecule has 1 fully saturated rings. The zero-order chi connectivity index (χ0) is 22.7. The number of imidazole rings is 1. The second kappa shape index (κ2) is 9.53. The molecule has 0 aromatic carbocycles. The highest BCUT2D eigenvalue weighted by atomic mass is 16.5. The van der Waals surface area contributed by atoms with Gasteiger partial charge in [0, 0.05) is 25.5 Å². The van der Waals surface area contributed by atoms with Gasteiger partial charge < -0.3 is 24.6 Å². The summed E-state index contributed by atoms with van der Waals surface area (Å²) in [5, 5.41) is 12.9. The Morgan fingerprint density at radius 1 is 1.28 bits per heavy atom. The summed E-state index contributed by atoms with van der Waals surface area (Å²) in [7, 11) is 0. The summed E-state index contributed by atoms with van der Waals surface area (Å²) in [6, 6.07) is -0.858. The third-order valence-corrected chi connectivity index (χ3v) is 5.63. The van der Waals surface area contributed by atoms with E-state index in [0.717, 1.165) is 5.56 Å². The molecule has 32 heavy (non-hydrogen) atoms. The van der Waals surface area contributed by atoms with Gasteiger partial charge in [-0.05, 0) is 20.3 Å². The number of ether oxygens (including phenoxy) is 1. The first-order valence-corrected chi connectivity index (χ1v) is 10.8. The first-order chi connectivity index (χ1) is 15.6. The number of fused-ring (bicyclic) bond motifs is 1. The minimum atomic E-state index is -0.516. The fourth-order valence-corrected chi connectivity index (χ4v) is 3.87. The SMILES string of the molecule is CC[C@H](Nc1ncnc2c1nc(-c1cnc(C)nc1)n2CC)C(=O)N1CCOCC1CO. The molecule has 1 aliphatic heterocycles. The van der Waals surface area contributed by atoms with E-state index < -0.39 is 6.04 Å². The number of aliphatic hydroxyl groups is 1. The van der Waals surface area contributed by atoms with Gasteiger partial charge in [0.2, 0.25) is 5.91 Å². The number of nitrogens with one attached hydrogen (secondary N) is 1. The number of hydrogen-bond acceptors (Lipinski definition) is 9. The maximum Gasteiger partial charge on any atom is 0.245 e. The van der Waals surface area contributed by atoms with Crippen molar-refractivity contribution in [2.24, 2.45) is 0 Å². The smallest absolute Gasteiger partial charge is 0.245 e. The number of aryl methyl sites for hydroxylation is 2. The van der Waals surface area contributed by atoms with Crippen LogP contribution in [-0.4, -0.2) is 83.8 Å². The van der Waals surface area contributed by atoms with E-state index in [1.54, 1.807) is 17.3 Å². The zero-order valence-electron chi connectivity index (χ0n) is 18.5. The highest BCUT2D eigenvalue weighted by molar-refractivity contribution is 5.90. The molecule has 0 saturated carbocycles. The molecular formula is C21H28N8O3. The second-order valence-electron chi connectivity index (χ2n) is 7.64. The monoisotopic (exact) mass is 440 g/mol.